The summed E-state index contributed by atoms with van der Waals surface area (Å²) in [5.74, 6) is -0.971. The highest BCUT2D eigenvalue weighted by molar-refractivity contribution is 9.11. The number of halogens is 2. The van der Waals surface area contributed by atoms with E-state index in [1.54, 1.807) is 17.4 Å². The number of aromatic nitrogens is 2. The van der Waals surface area contributed by atoms with Crippen LogP contribution in [0, 0.1) is 0 Å². The molecule has 0 saturated heterocycles. The smallest absolute Gasteiger partial charge is 0.336 e. The summed E-state index contributed by atoms with van der Waals surface area (Å²) in [5, 5.41) is 9.75. The number of carboxylic acids is 1. The van der Waals surface area contributed by atoms with Crippen LogP contribution in [-0.2, 0) is 0 Å². The van der Waals surface area contributed by atoms with Crippen LogP contribution in [0.5, 0.6) is 0 Å². The largest absolute Gasteiger partial charge is 0.478 e. The minimum absolute atomic E-state index is 0.240. The molecule has 0 aliphatic rings. The Morgan fingerprint density at radius 1 is 0.958 bits per heavy atom. The molecule has 0 radical (unpaired) electrons. The van der Waals surface area contributed by atoms with E-state index in [-0.39, 0.29) is 5.56 Å². The first-order chi connectivity index (χ1) is 11.5. The third kappa shape index (κ3) is 2.74. The van der Waals surface area contributed by atoms with Gasteiger partial charge in [-0.15, -0.1) is 22.7 Å². The molecule has 0 unspecified atom stereocenters. The van der Waals surface area contributed by atoms with Gasteiger partial charge in [-0.25, -0.2) is 4.79 Å². The van der Waals surface area contributed by atoms with Crippen LogP contribution in [0.1, 0.15) is 10.4 Å². The van der Waals surface area contributed by atoms with Crippen molar-refractivity contribution in [3.05, 3.63) is 43.5 Å². The molecule has 0 amide bonds. The second-order valence-corrected chi connectivity index (χ2v) is 10.3. The summed E-state index contributed by atoms with van der Waals surface area (Å²) in [4.78, 5) is 13.7. The number of rotatable bonds is 3. The Hall–Kier alpha value is -1.13. The zero-order chi connectivity index (χ0) is 16.8. The lowest BCUT2D eigenvalue weighted by Crippen LogP contribution is -2.01. The number of benzene rings is 1. The fraction of sp³-hybridized carbons (Fsp3) is 0. The molecule has 120 valence electrons. The van der Waals surface area contributed by atoms with Gasteiger partial charge in [-0.1, -0.05) is 0 Å². The van der Waals surface area contributed by atoms with Crippen LogP contribution in [-0.4, -0.2) is 19.8 Å². The summed E-state index contributed by atoms with van der Waals surface area (Å²) in [6.07, 6.45) is 0. The second kappa shape index (κ2) is 6.30. The summed E-state index contributed by atoms with van der Waals surface area (Å²) in [6, 6.07) is 9.40. The SMILES string of the molecule is O=C(O)c1cc(-c2ccc(Br)s2)c2nsnc2c1-c1ccc(Br)s1. The molecule has 24 heavy (non-hydrogen) atoms. The van der Waals surface area contributed by atoms with Gasteiger partial charge in [0.25, 0.3) is 0 Å². The highest BCUT2D eigenvalue weighted by Gasteiger charge is 2.23. The number of fused-ring (bicyclic) bond motifs is 1. The van der Waals surface area contributed by atoms with Gasteiger partial charge in [-0.05, 0) is 62.2 Å². The fourth-order valence-electron chi connectivity index (χ4n) is 2.46. The Labute approximate surface area is 165 Å². The normalized spacial score (nSPS) is 11.2. The molecule has 0 aliphatic heterocycles. The van der Waals surface area contributed by atoms with Crippen molar-refractivity contribution in [2.75, 3.05) is 0 Å². The van der Waals surface area contributed by atoms with Crippen molar-refractivity contribution in [1.29, 1.82) is 0 Å². The summed E-state index contributed by atoms with van der Waals surface area (Å²) < 4.78 is 10.7. The molecule has 3 heterocycles. The third-order valence-electron chi connectivity index (χ3n) is 3.43. The quantitative estimate of drug-likeness (QED) is 0.354. The van der Waals surface area contributed by atoms with E-state index < -0.39 is 5.97 Å². The lowest BCUT2D eigenvalue weighted by Gasteiger charge is -2.08. The standard InChI is InChI=1S/C15H6Br2N2O2S3/c16-10-3-1-8(22-10)6-5-7(15(20)21)12(9-2-4-11(17)23-9)14-13(6)18-24-19-14/h1-5H,(H,20,21). The van der Waals surface area contributed by atoms with Gasteiger partial charge < -0.3 is 5.11 Å². The van der Waals surface area contributed by atoms with Gasteiger partial charge in [0.2, 0.25) is 0 Å². The first-order valence-electron chi connectivity index (χ1n) is 6.58. The van der Waals surface area contributed by atoms with E-state index >= 15 is 0 Å². The Kier molecular flexibility index (Phi) is 4.29. The minimum atomic E-state index is -0.971. The number of nitrogens with zero attached hydrogens (tertiary/aromatic N) is 2. The Morgan fingerprint density at radius 2 is 1.58 bits per heavy atom. The Morgan fingerprint density at radius 3 is 2.17 bits per heavy atom. The summed E-state index contributed by atoms with van der Waals surface area (Å²) in [7, 11) is 0. The highest BCUT2D eigenvalue weighted by atomic mass is 79.9. The number of hydrogen-bond donors (Lipinski definition) is 1. The first-order valence-corrected chi connectivity index (χ1v) is 10.5. The molecular formula is C15H6Br2N2O2S3. The van der Waals surface area contributed by atoms with Gasteiger partial charge in [-0.3, -0.25) is 0 Å². The van der Waals surface area contributed by atoms with Crippen molar-refractivity contribution in [2.24, 2.45) is 0 Å². The number of hydrogen-bond acceptors (Lipinski definition) is 6. The van der Waals surface area contributed by atoms with E-state index in [0.717, 1.165) is 40.1 Å². The molecule has 0 atom stereocenters. The van der Waals surface area contributed by atoms with Gasteiger partial charge in [0.15, 0.2) is 0 Å². The number of thiophene rings is 2. The molecule has 4 aromatic rings. The van der Waals surface area contributed by atoms with Crippen LogP contribution in [0.25, 0.3) is 31.9 Å². The molecular weight excluding hydrogens is 496 g/mol. The van der Waals surface area contributed by atoms with E-state index in [2.05, 4.69) is 40.6 Å². The number of carbonyl (C=O) groups is 1. The monoisotopic (exact) mass is 500 g/mol. The van der Waals surface area contributed by atoms with Crippen LogP contribution in [0.2, 0.25) is 0 Å². The van der Waals surface area contributed by atoms with Crippen molar-refractivity contribution < 1.29 is 9.90 Å². The molecule has 3 aromatic heterocycles. The summed E-state index contributed by atoms with van der Waals surface area (Å²) in [5.41, 5.74) is 3.03. The second-order valence-electron chi connectivity index (χ2n) is 4.82. The number of carboxylic acid groups (broad SMARTS) is 1. The minimum Gasteiger partial charge on any atom is -0.478 e. The van der Waals surface area contributed by atoms with Gasteiger partial charge in [-0.2, -0.15) is 8.75 Å². The molecule has 1 N–H and O–H groups in total. The predicted octanol–water partition coefficient (Wildman–Crippen LogP) is 6.37. The third-order valence-corrected chi connectivity index (χ3v) is 7.25. The van der Waals surface area contributed by atoms with Gasteiger partial charge in [0.1, 0.15) is 11.0 Å². The van der Waals surface area contributed by atoms with Crippen molar-refractivity contribution in [3.63, 3.8) is 0 Å². The average Bonchev–Trinajstić information content (AvgIpc) is 3.26. The lowest BCUT2D eigenvalue weighted by molar-refractivity contribution is 0.0698. The molecule has 1 aromatic carbocycles. The van der Waals surface area contributed by atoms with Gasteiger partial charge in [0, 0.05) is 20.9 Å². The summed E-state index contributed by atoms with van der Waals surface area (Å²) >= 11 is 11.0. The zero-order valence-electron chi connectivity index (χ0n) is 11.6. The molecule has 4 nitrogen and oxygen atoms in total. The lowest BCUT2D eigenvalue weighted by atomic mass is 9.99. The molecule has 0 bridgehead atoms. The molecule has 4 rings (SSSR count). The molecule has 9 heteroatoms. The maximum Gasteiger partial charge on any atom is 0.336 e. The first kappa shape index (κ1) is 16.3. The topological polar surface area (TPSA) is 63.1 Å². The molecule has 0 spiro atoms. The van der Waals surface area contributed by atoms with E-state index in [1.807, 2.05) is 24.3 Å². The van der Waals surface area contributed by atoms with Crippen LogP contribution >= 0.6 is 66.3 Å². The van der Waals surface area contributed by atoms with Crippen molar-refractivity contribution >= 4 is 83.3 Å². The van der Waals surface area contributed by atoms with E-state index in [0.29, 0.717) is 11.1 Å². The van der Waals surface area contributed by atoms with Crippen molar-refractivity contribution in [3.8, 4) is 20.9 Å². The fourth-order valence-corrected chi connectivity index (χ4v) is 5.87. The van der Waals surface area contributed by atoms with Crippen LogP contribution < -0.4 is 0 Å². The predicted molar refractivity (Wildman–Crippen MR) is 106 cm³/mol. The Bertz CT molecular complexity index is 1080. The van der Waals surface area contributed by atoms with E-state index in [9.17, 15) is 9.90 Å². The summed E-state index contributed by atoms with van der Waals surface area (Å²) in [6.45, 7) is 0. The zero-order valence-corrected chi connectivity index (χ0v) is 17.2. The molecule has 0 saturated carbocycles. The van der Waals surface area contributed by atoms with E-state index in [4.69, 9.17) is 0 Å². The van der Waals surface area contributed by atoms with Crippen LogP contribution in [0.4, 0.5) is 0 Å². The van der Waals surface area contributed by atoms with Crippen molar-refractivity contribution in [1.82, 2.24) is 8.75 Å². The molecule has 0 fully saturated rings. The van der Waals surface area contributed by atoms with Crippen molar-refractivity contribution in [2.45, 2.75) is 0 Å². The van der Waals surface area contributed by atoms with Gasteiger partial charge >= 0.3 is 5.97 Å². The highest BCUT2D eigenvalue weighted by Crippen LogP contribution is 2.43. The van der Waals surface area contributed by atoms with Crippen LogP contribution in [0.15, 0.2) is 37.9 Å². The maximum atomic E-state index is 11.9. The molecule has 0 aliphatic carbocycles. The Balaban J connectivity index is 2.09. The average molecular weight is 502 g/mol. The van der Waals surface area contributed by atoms with Gasteiger partial charge in [0.05, 0.1) is 24.9 Å². The number of aromatic carboxylic acids is 1. The van der Waals surface area contributed by atoms with Crippen LogP contribution in [0.3, 0.4) is 0 Å². The van der Waals surface area contributed by atoms with E-state index in [1.165, 1.54) is 11.3 Å². The maximum absolute atomic E-state index is 11.9.